The molecule has 0 saturated heterocycles. The smallest absolute Gasteiger partial charge is 0.282 e. The molecule has 156 valence electrons. The molecular formula is C19H15Br3N4O4. The SMILES string of the molecule is COc1cc(C=Nn2c(C)nc3ccc(Br)cc3c2=O)c(Br)c(Br)c1OCC(N)=O. The minimum absolute atomic E-state index is 0.293. The monoisotopic (exact) mass is 600 g/mol. The zero-order chi connectivity index (χ0) is 22.0. The van der Waals surface area contributed by atoms with Crippen LogP contribution >= 0.6 is 47.8 Å². The van der Waals surface area contributed by atoms with E-state index >= 15 is 0 Å². The molecule has 0 aliphatic rings. The number of primary amides is 1. The van der Waals surface area contributed by atoms with Gasteiger partial charge in [0.1, 0.15) is 5.82 Å². The number of amides is 1. The summed E-state index contributed by atoms with van der Waals surface area (Å²) in [5, 5.41) is 4.76. The molecule has 0 aliphatic carbocycles. The van der Waals surface area contributed by atoms with E-state index in [-0.39, 0.29) is 12.2 Å². The van der Waals surface area contributed by atoms with Crippen molar-refractivity contribution >= 4 is 70.8 Å². The Morgan fingerprint density at radius 2 is 2.00 bits per heavy atom. The molecule has 1 heterocycles. The highest BCUT2D eigenvalue weighted by molar-refractivity contribution is 9.13. The molecule has 0 atom stereocenters. The third-order valence-electron chi connectivity index (χ3n) is 4.02. The van der Waals surface area contributed by atoms with Crippen LogP contribution in [0.15, 0.2) is 47.6 Å². The third kappa shape index (κ3) is 4.57. The molecule has 0 saturated carbocycles. The van der Waals surface area contributed by atoms with E-state index in [9.17, 15) is 9.59 Å². The first-order chi connectivity index (χ1) is 14.2. The maximum absolute atomic E-state index is 12.9. The Morgan fingerprint density at radius 1 is 1.27 bits per heavy atom. The van der Waals surface area contributed by atoms with Crippen LogP contribution in [0.5, 0.6) is 11.5 Å². The number of hydrogen-bond acceptors (Lipinski definition) is 6. The number of ether oxygens (including phenoxy) is 2. The van der Waals surface area contributed by atoms with E-state index < -0.39 is 5.91 Å². The van der Waals surface area contributed by atoms with Crippen molar-refractivity contribution in [3.05, 3.63) is 59.4 Å². The third-order valence-corrected chi connectivity index (χ3v) is 6.65. The summed E-state index contributed by atoms with van der Waals surface area (Å²) in [6.45, 7) is 1.40. The number of halogens is 3. The number of hydrogen-bond donors (Lipinski definition) is 1. The Balaban J connectivity index is 2.07. The Kier molecular flexibility index (Phi) is 6.94. The summed E-state index contributed by atoms with van der Waals surface area (Å²) < 4.78 is 13.9. The lowest BCUT2D eigenvalue weighted by molar-refractivity contribution is -0.119. The predicted molar refractivity (Wildman–Crippen MR) is 125 cm³/mol. The largest absolute Gasteiger partial charge is 0.493 e. The Hall–Kier alpha value is -2.24. The molecular weight excluding hydrogens is 588 g/mol. The normalized spacial score (nSPS) is 11.2. The van der Waals surface area contributed by atoms with Crippen LogP contribution in [0.2, 0.25) is 0 Å². The van der Waals surface area contributed by atoms with E-state index in [0.717, 1.165) is 4.47 Å². The van der Waals surface area contributed by atoms with Gasteiger partial charge in [-0.2, -0.15) is 9.78 Å². The van der Waals surface area contributed by atoms with Gasteiger partial charge in [-0.05, 0) is 63.0 Å². The number of methoxy groups -OCH3 is 1. The fourth-order valence-electron chi connectivity index (χ4n) is 2.64. The summed E-state index contributed by atoms with van der Waals surface area (Å²) in [7, 11) is 1.47. The van der Waals surface area contributed by atoms with Crippen LogP contribution in [-0.2, 0) is 4.79 Å². The van der Waals surface area contributed by atoms with Gasteiger partial charge >= 0.3 is 0 Å². The van der Waals surface area contributed by atoms with Crippen LogP contribution < -0.4 is 20.8 Å². The molecule has 2 aromatic carbocycles. The topological polar surface area (TPSA) is 109 Å². The van der Waals surface area contributed by atoms with Crippen LogP contribution in [0.4, 0.5) is 0 Å². The molecule has 0 aliphatic heterocycles. The molecule has 0 spiro atoms. The summed E-state index contributed by atoms with van der Waals surface area (Å²) in [5.74, 6) is 0.494. The summed E-state index contributed by atoms with van der Waals surface area (Å²) in [5.41, 5.74) is 6.05. The molecule has 0 unspecified atom stereocenters. The molecule has 1 amide bonds. The first-order valence-electron chi connectivity index (χ1n) is 8.43. The Labute approximate surface area is 196 Å². The van der Waals surface area contributed by atoms with Gasteiger partial charge in [0.25, 0.3) is 11.5 Å². The molecule has 0 fully saturated rings. The van der Waals surface area contributed by atoms with Crippen LogP contribution in [0.3, 0.4) is 0 Å². The fourth-order valence-corrected chi connectivity index (χ4v) is 3.94. The van der Waals surface area contributed by atoms with Gasteiger partial charge in [-0.1, -0.05) is 15.9 Å². The zero-order valence-electron chi connectivity index (χ0n) is 15.8. The van der Waals surface area contributed by atoms with Gasteiger partial charge in [-0.3, -0.25) is 9.59 Å². The molecule has 0 bridgehead atoms. The van der Waals surface area contributed by atoms with Gasteiger partial charge in [0, 0.05) is 14.5 Å². The second-order valence-corrected chi connectivity index (χ2v) is 8.56. The number of carbonyl (C=O) groups excluding carboxylic acids is 1. The van der Waals surface area contributed by atoms with Crippen LogP contribution in [0, 0.1) is 6.92 Å². The minimum Gasteiger partial charge on any atom is -0.493 e. The quantitative estimate of drug-likeness (QED) is 0.433. The molecule has 30 heavy (non-hydrogen) atoms. The Bertz CT molecular complexity index is 1240. The molecule has 3 aromatic rings. The van der Waals surface area contributed by atoms with Crippen LogP contribution in [-0.4, -0.2) is 35.5 Å². The number of aromatic nitrogens is 2. The standard InChI is InChI=1S/C19H15Br3N4O4/c1-9-25-13-4-3-11(20)6-12(13)19(28)26(9)24-7-10-5-14(29-2)18(17(22)16(10)21)30-8-15(23)27/h3-7H,8H2,1-2H3,(H2,23,27). The van der Waals surface area contributed by atoms with Gasteiger partial charge in [0.05, 0.1) is 28.7 Å². The van der Waals surface area contributed by atoms with Crippen molar-refractivity contribution in [1.82, 2.24) is 9.66 Å². The first kappa shape index (κ1) is 22.4. The Morgan fingerprint density at radius 3 is 2.67 bits per heavy atom. The maximum Gasteiger partial charge on any atom is 0.282 e. The first-order valence-corrected chi connectivity index (χ1v) is 10.8. The number of nitrogens with zero attached hydrogens (tertiary/aromatic N) is 3. The molecule has 11 heteroatoms. The lowest BCUT2D eigenvalue weighted by atomic mass is 10.2. The van der Waals surface area contributed by atoms with Crippen molar-refractivity contribution in [3.8, 4) is 11.5 Å². The average Bonchev–Trinajstić information content (AvgIpc) is 2.70. The van der Waals surface area contributed by atoms with Gasteiger partial charge < -0.3 is 15.2 Å². The second-order valence-electron chi connectivity index (χ2n) is 6.06. The van der Waals surface area contributed by atoms with Crippen molar-refractivity contribution in [3.63, 3.8) is 0 Å². The van der Waals surface area contributed by atoms with Crippen molar-refractivity contribution in [1.29, 1.82) is 0 Å². The average molecular weight is 603 g/mol. The minimum atomic E-state index is -0.615. The number of nitrogens with two attached hydrogens (primary N) is 1. The second kappa shape index (κ2) is 9.27. The zero-order valence-corrected chi connectivity index (χ0v) is 20.5. The van der Waals surface area contributed by atoms with Crippen LogP contribution in [0.1, 0.15) is 11.4 Å². The van der Waals surface area contributed by atoms with Crippen LogP contribution in [0.25, 0.3) is 10.9 Å². The molecule has 3 rings (SSSR count). The van der Waals surface area contributed by atoms with E-state index in [0.29, 0.717) is 42.7 Å². The van der Waals surface area contributed by atoms with Gasteiger partial charge in [0.2, 0.25) is 0 Å². The van der Waals surface area contributed by atoms with E-state index in [1.54, 1.807) is 25.1 Å². The lowest BCUT2D eigenvalue weighted by Crippen LogP contribution is -2.21. The van der Waals surface area contributed by atoms with E-state index in [2.05, 4.69) is 57.9 Å². The number of carbonyl (C=O) groups is 1. The number of aryl methyl sites for hydroxylation is 1. The lowest BCUT2D eigenvalue weighted by Gasteiger charge is -2.14. The van der Waals surface area contributed by atoms with Crippen molar-refractivity contribution in [2.45, 2.75) is 6.92 Å². The number of rotatable bonds is 6. The highest BCUT2D eigenvalue weighted by Gasteiger charge is 2.17. The highest BCUT2D eigenvalue weighted by Crippen LogP contribution is 2.42. The molecule has 0 radical (unpaired) electrons. The summed E-state index contributed by atoms with van der Waals surface area (Å²) in [6, 6.07) is 6.95. The number of benzene rings is 2. The summed E-state index contributed by atoms with van der Waals surface area (Å²) in [4.78, 5) is 28.4. The van der Waals surface area contributed by atoms with Crippen molar-refractivity contribution in [2.75, 3.05) is 13.7 Å². The maximum atomic E-state index is 12.9. The predicted octanol–water partition coefficient (Wildman–Crippen LogP) is 3.75. The summed E-state index contributed by atoms with van der Waals surface area (Å²) >= 11 is 10.2. The van der Waals surface area contributed by atoms with E-state index in [1.165, 1.54) is 18.0 Å². The van der Waals surface area contributed by atoms with Gasteiger partial charge in [0.15, 0.2) is 18.1 Å². The fraction of sp³-hybridized carbons (Fsp3) is 0.158. The van der Waals surface area contributed by atoms with Gasteiger partial charge in [-0.25, -0.2) is 4.98 Å². The highest BCUT2D eigenvalue weighted by atomic mass is 79.9. The molecule has 2 N–H and O–H groups in total. The van der Waals surface area contributed by atoms with E-state index in [1.807, 2.05) is 6.07 Å². The van der Waals surface area contributed by atoms with Gasteiger partial charge in [-0.15, -0.1) is 0 Å². The molecule has 1 aromatic heterocycles. The summed E-state index contributed by atoms with van der Waals surface area (Å²) in [6.07, 6.45) is 1.50. The number of fused-ring (bicyclic) bond motifs is 1. The molecule has 8 nitrogen and oxygen atoms in total. The van der Waals surface area contributed by atoms with Crippen molar-refractivity contribution in [2.24, 2.45) is 10.8 Å². The van der Waals surface area contributed by atoms with E-state index in [4.69, 9.17) is 15.2 Å². The van der Waals surface area contributed by atoms with Crippen molar-refractivity contribution < 1.29 is 14.3 Å².